The third kappa shape index (κ3) is 5.15. The van der Waals surface area contributed by atoms with Gasteiger partial charge in [0.25, 0.3) is 0 Å². The summed E-state index contributed by atoms with van der Waals surface area (Å²) in [4.78, 5) is 29.1. The van der Waals surface area contributed by atoms with Crippen molar-refractivity contribution < 1.29 is 9.59 Å². The second-order valence-electron chi connectivity index (χ2n) is 9.76. The number of hydrogen-bond donors (Lipinski definition) is 1. The molecule has 1 aromatic rings. The van der Waals surface area contributed by atoms with E-state index in [1.54, 1.807) is 4.90 Å². The van der Waals surface area contributed by atoms with Crippen molar-refractivity contribution >= 4 is 11.8 Å². The average Bonchev–Trinajstić information content (AvgIpc) is 3.13. The van der Waals surface area contributed by atoms with Crippen molar-refractivity contribution in [2.24, 2.45) is 11.8 Å². The van der Waals surface area contributed by atoms with Crippen molar-refractivity contribution in [3.05, 3.63) is 17.5 Å². The van der Waals surface area contributed by atoms with Gasteiger partial charge in [0.2, 0.25) is 11.8 Å². The zero-order valence-corrected chi connectivity index (χ0v) is 18.0. The molecule has 2 aliphatic rings. The van der Waals surface area contributed by atoms with E-state index in [1.165, 1.54) is 32.1 Å². The number of piperidine rings is 1. The Bertz CT molecular complexity index is 685. The molecule has 1 atom stereocenters. The Morgan fingerprint density at radius 3 is 2.61 bits per heavy atom. The molecule has 1 saturated heterocycles. The third-order valence-corrected chi connectivity index (χ3v) is 6.24. The van der Waals surface area contributed by atoms with Crippen molar-refractivity contribution in [1.29, 1.82) is 0 Å². The molecule has 0 aromatic carbocycles. The Hall–Kier alpha value is -1.85. The van der Waals surface area contributed by atoms with Gasteiger partial charge in [-0.25, -0.2) is 0 Å². The molecule has 156 valence electrons. The van der Waals surface area contributed by atoms with E-state index < -0.39 is 0 Å². The number of carbonyl (C=O) groups is 2. The van der Waals surface area contributed by atoms with Crippen LogP contribution in [0.5, 0.6) is 0 Å². The van der Waals surface area contributed by atoms with Gasteiger partial charge in [0, 0.05) is 32.0 Å². The van der Waals surface area contributed by atoms with Crippen LogP contribution in [0.4, 0.5) is 0 Å². The lowest BCUT2D eigenvalue weighted by Crippen LogP contribution is -2.47. The molecule has 1 saturated carbocycles. The standard InChI is InChI=1S/C22H36N4O2/c1-22(2,3)19-12-18(23-24-19)15-25(4)21(28)17-10-11-20(27)26(14-17)13-16-8-6-5-7-9-16/h12,16-17H,5-11,13-15H2,1-4H3,(H,23,24). The number of carbonyl (C=O) groups excluding carboxylic acids is 2. The van der Waals surface area contributed by atoms with Crippen LogP contribution in [0, 0.1) is 11.8 Å². The molecule has 6 nitrogen and oxygen atoms in total. The van der Waals surface area contributed by atoms with Crippen molar-refractivity contribution in [3.8, 4) is 0 Å². The number of amides is 2. The number of likely N-dealkylation sites (tertiary alicyclic amines) is 1. The number of H-pyrrole nitrogens is 1. The van der Waals surface area contributed by atoms with Crippen LogP contribution in [0.25, 0.3) is 0 Å². The molecule has 2 fully saturated rings. The van der Waals surface area contributed by atoms with Crippen LogP contribution in [-0.2, 0) is 21.5 Å². The first-order chi connectivity index (χ1) is 13.2. The maximum absolute atomic E-state index is 13.0. The smallest absolute Gasteiger partial charge is 0.227 e. The lowest BCUT2D eigenvalue weighted by atomic mass is 9.87. The second-order valence-corrected chi connectivity index (χ2v) is 9.76. The normalized spacial score (nSPS) is 21.8. The maximum atomic E-state index is 13.0. The Labute approximate surface area is 169 Å². The first-order valence-corrected chi connectivity index (χ1v) is 10.8. The zero-order valence-electron chi connectivity index (χ0n) is 18.0. The van der Waals surface area contributed by atoms with E-state index in [4.69, 9.17) is 0 Å². The molecule has 28 heavy (non-hydrogen) atoms. The molecule has 1 aliphatic heterocycles. The van der Waals surface area contributed by atoms with Gasteiger partial charge in [-0.15, -0.1) is 0 Å². The van der Waals surface area contributed by atoms with Crippen LogP contribution in [0.15, 0.2) is 6.07 Å². The fraction of sp³-hybridized carbons (Fsp3) is 0.773. The molecule has 0 radical (unpaired) electrons. The maximum Gasteiger partial charge on any atom is 0.227 e. The average molecular weight is 389 g/mol. The van der Waals surface area contributed by atoms with E-state index in [1.807, 2.05) is 18.0 Å². The molecular formula is C22H36N4O2. The summed E-state index contributed by atoms with van der Waals surface area (Å²) in [6.07, 6.45) is 7.48. The van der Waals surface area contributed by atoms with Gasteiger partial charge in [-0.3, -0.25) is 14.7 Å². The zero-order chi connectivity index (χ0) is 20.3. The highest BCUT2D eigenvalue weighted by molar-refractivity contribution is 5.83. The van der Waals surface area contributed by atoms with Crippen molar-refractivity contribution in [2.75, 3.05) is 20.1 Å². The van der Waals surface area contributed by atoms with Gasteiger partial charge < -0.3 is 9.80 Å². The van der Waals surface area contributed by atoms with Crippen molar-refractivity contribution in [2.45, 2.75) is 77.7 Å². The predicted octanol–water partition coefficient (Wildman–Crippen LogP) is 3.48. The summed E-state index contributed by atoms with van der Waals surface area (Å²) >= 11 is 0. The first-order valence-electron chi connectivity index (χ1n) is 10.8. The van der Waals surface area contributed by atoms with Gasteiger partial charge in [0.05, 0.1) is 23.9 Å². The Balaban J connectivity index is 1.56. The minimum absolute atomic E-state index is 0.0132. The predicted molar refractivity (Wildman–Crippen MR) is 110 cm³/mol. The highest BCUT2D eigenvalue weighted by Gasteiger charge is 2.33. The van der Waals surface area contributed by atoms with Crippen molar-refractivity contribution in [1.82, 2.24) is 20.0 Å². The van der Waals surface area contributed by atoms with Crippen LogP contribution in [0.2, 0.25) is 0 Å². The number of hydrogen-bond acceptors (Lipinski definition) is 3. The second kappa shape index (κ2) is 8.66. The third-order valence-electron chi connectivity index (χ3n) is 6.24. The summed E-state index contributed by atoms with van der Waals surface area (Å²) in [6, 6.07) is 2.05. The highest BCUT2D eigenvalue weighted by atomic mass is 16.2. The van der Waals surface area contributed by atoms with Crippen LogP contribution >= 0.6 is 0 Å². The molecule has 0 spiro atoms. The number of nitrogens with zero attached hydrogens (tertiary/aromatic N) is 3. The number of nitrogens with one attached hydrogen (secondary N) is 1. The van der Waals surface area contributed by atoms with E-state index in [9.17, 15) is 9.59 Å². The summed E-state index contributed by atoms with van der Waals surface area (Å²) in [7, 11) is 1.85. The lowest BCUT2D eigenvalue weighted by Gasteiger charge is -2.36. The van der Waals surface area contributed by atoms with Gasteiger partial charge in [-0.2, -0.15) is 5.10 Å². The molecule has 1 unspecified atom stereocenters. The van der Waals surface area contributed by atoms with Gasteiger partial charge in [0.1, 0.15) is 0 Å². The van der Waals surface area contributed by atoms with Crippen LogP contribution in [-0.4, -0.2) is 51.9 Å². The molecule has 1 N–H and O–H groups in total. The Kier molecular flexibility index (Phi) is 6.46. The summed E-state index contributed by atoms with van der Waals surface area (Å²) in [5.41, 5.74) is 1.94. The number of aromatic amines is 1. The van der Waals surface area contributed by atoms with Crippen LogP contribution in [0.3, 0.4) is 0 Å². The molecular weight excluding hydrogens is 352 g/mol. The van der Waals surface area contributed by atoms with E-state index in [-0.39, 0.29) is 23.1 Å². The molecule has 2 heterocycles. The quantitative estimate of drug-likeness (QED) is 0.839. The minimum Gasteiger partial charge on any atom is -0.342 e. The molecule has 1 aliphatic carbocycles. The van der Waals surface area contributed by atoms with Gasteiger partial charge in [-0.1, -0.05) is 40.0 Å². The van der Waals surface area contributed by atoms with E-state index in [0.29, 0.717) is 31.8 Å². The number of rotatable bonds is 5. The fourth-order valence-electron chi connectivity index (χ4n) is 4.45. The SMILES string of the molecule is CN(Cc1cc(C(C)(C)C)n[nH]1)C(=O)C1CCC(=O)N(CC2CCCCC2)C1. The summed E-state index contributed by atoms with van der Waals surface area (Å²) in [5, 5.41) is 7.45. The first kappa shape index (κ1) is 20.9. The van der Waals surface area contributed by atoms with Crippen LogP contribution in [0.1, 0.15) is 77.1 Å². The van der Waals surface area contributed by atoms with E-state index in [2.05, 4.69) is 31.0 Å². The summed E-state index contributed by atoms with van der Waals surface area (Å²) in [5.74, 6) is 0.884. The fourth-order valence-corrected chi connectivity index (χ4v) is 4.45. The number of aromatic nitrogens is 2. The highest BCUT2D eigenvalue weighted by Crippen LogP contribution is 2.28. The van der Waals surface area contributed by atoms with Gasteiger partial charge in [-0.05, 0) is 31.2 Å². The van der Waals surface area contributed by atoms with E-state index in [0.717, 1.165) is 17.9 Å². The van der Waals surface area contributed by atoms with E-state index >= 15 is 0 Å². The molecule has 0 bridgehead atoms. The van der Waals surface area contributed by atoms with Crippen molar-refractivity contribution in [3.63, 3.8) is 0 Å². The summed E-state index contributed by atoms with van der Waals surface area (Å²) < 4.78 is 0. The lowest BCUT2D eigenvalue weighted by molar-refractivity contribution is -0.143. The minimum atomic E-state index is -0.0868. The largest absolute Gasteiger partial charge is 0.342 e. The van der Waals surface area contributed by atoms with Crippen LogP contribution < -0.4 is 0 Å². The van der Waals surface area contributed by atoms with Gasteiger partial charge in [0.15, 0.2) is 0 Å². The Morgan fingerprint density at radius 1 is 1.25 bits per heavy atom. The molecule has 6 heteroatoms. The van der Waals surface area contributed by atoms with Gasteiger partial charge >= 0.3 is 0 Å². The molecule has 3 rings (SSSR count). The Morgan fingerprint density at radius 2 is 1.96 bits per heavy atom. The topological polar surface area (TPSA) is 69.3 Å². The molecule has 2 amide bonds. The molecule has 1 aromatic heterocycles. The summed E-state index contributed by atoms with van der Waals surface area (Å²) in [6.45, 7) is 8.32. The monoisotopic (exact) mass is 388 g/mol.